The Labute approximate surface area is 153 Å². The highest BCUT2D eigenvalue weighted by Crippen LogP contribution is 2.34. The van der Waals surface area contributed by atoms with E-state index in [1.807, 2.05) is 43.3 Å². The second-order valence-corrected chi connectivity index (χ2v) is 8.21. The Morgan fingerprint density at radius 3 is 2.58 bits per heavy atom. The van der Waals surface area contributed by atoms with Gasteiger partial charge in [0.2, 0.25) is 15.9 Å². The minimum absolute atomic E-state index is 0.153. The van der Waals surface area contributed by atoms with Gasteiger partial charge in [0.25, 0.3) is 0 Å². The van der Waals surface area contributed by atoms with Gasteiger partial charge in [-0.05, 0) is 18.6 Å². The summed E-state index contributed by atoms with van der Waals surface area (Å²) in [5, 5.41) is 5.98. The number of nitrogens with one attached hydrogen (secondary N) is 1. The second-order valence-electron chi connectivity index (χ2n) is 6.46. The molecule has 6 nitrogen and oxygen atoms in total. The Hall–Kier alpha value is -2.67. The van der Waals surface area contributed by atoms with Gasteiger partial charge in [0.05, 0.1) is 23.7 Å². The third-order valence-corrected chi connectivity index (χ3v) is 4.78. The molecule has 7 heteroatoms. The zero-order valence-electron chi connectivity index (χ0n) is 14.9. The number of hydrogen-bond acceptors (Lipinski definition) is 4. The fraction of sp³-hybridized carbons (Fsp3) is 0.263. The average Bonchev–Trinajstić information content (AvgIpc) is 2.99. The van der Waals surface area contributed by atoms with Crippen LogP contribution in [0.5, 0.6) is 0 Å². The Kier molecular flexibility index (Phi) is 4.82. The van der Waals surface area contributed by atoms with E-state index >= 15 is 0 Å². The maximum atomic E-state index is 12.1. The van der Waals surface area contributed by atoms with Gasteiger partial charge in [0, 0.05) is 18.9 Å². The van der Waals surface area contributed by atoms with Gasteiger partial charge in [-0.3, -0.25) is 9.52 Å². The zero-order valence-corrected chi connectivity index (χ0v) is 15.7. The van der Waals surface area contributed by atoms with E-state index in [0.29, 0.717) is 23.4 Å². The molecule has 1 aliphatic heterocycles. The monoisotopic (exact) mass is 371 g/mol. The van der Waals surface area contributed by atoms with Crippen LogP contribution >= 0.6 is 0 Å². The maximum Gasteiger partial charge on any atom is 0.240 e. The van der Waals surface area contributed by atoms with Crippen LogP contribution in [0.15, 0.2) is 53.6 Å². The number of sulfonamides is 1. The summed E-state index contributed by atoms with van der Waals surface area (Å²) in [5.74, 6) is -0.153. The molecule has 26 heavy (non-hydrogen) atoms. The van der Waals surface area contributed by atoms with E-state index < -0.39 is 10.0 Å². The minimum Gasteiger partial charge on any atom is -0.283 e. The predicted octanol–water partition coefficient (Wildman–Crippen LogP) is 3.06. The van der Waals surface area contributed by atoms with Crippen molar-refractivity contribution in [2.45, 2.75) is 26.3 Å². The fourth-order valence-corrected chi connectivity index (χ4v) is 3.70. The van der Waals surface area contributed by atoms with E-state index in [1.165, 1.54) is 11.9 Å². The number of hydrazone groups is 1. The van der Waals surface area contributed by atoms with E-state index in [0.717, 1.165) is 17.4 Å². The SMILES string of the molecule is CC(=O)N1N=C(c2ccccc2NS(C)(=O)=O)C[C@H]1c1cccc(C)c1. The van der Waals surface area contributed by atoms with E-state index in [1.54, 1.807) is 12.1 Å². The van der Waals surface area contributed by atoms with Crippen molar-refractivity contribution in [2.24, 2.45) is 5.10 Å². The Morgan fingerprint density at radius 2 is 1.92 bits per heavy atom. The van der Waals surface area contributed by atoms with Crippen LogP contribution in [0.3, 0.4) is 0 Å². The summed E-state index contributed by atoms with van der Waals surface area (Å²) in [6, 6.07) is 14.9. The van der Waals surface area contributed by atoms with Gasteiger partial charge in [0.15, 0.2) is 0 Å². The number of para-hydroxylation sites is 1. The summed E-state index contributed by atoms with van der Waals surface area (Å²) in [7, 11) is -3.42. The van der Waals surface area contributed by atoms with Crippen molar-refractivity contribution >= 4 is 27.3 Å². The molecule has 136 valence electrons. The highest BCUT2D eigenvalue weighted by Gasteiger charge is 2.32. The standard InChI is InChI=1S/C19H21N3O3S/c1-13-7-6-8-15(11-13)19-12-18(20-22(19)14(2)23)16-9-4-5-10-17(16)21-26(3,24)25/h4-11,19,21H,12H2,1-3H3/t19-/m0/s1. The van der Waals surface area contributed by atoms with Crippen molar-refractivity contribution in [3.05, 3.63) is 65.2 Å². The molecule has 1 atom stereocenters. The summed E-state index contributed by atoms with van der Waals surface area (Å²) in [5.41, 5.74) is 3.94. The molecule has 3 rings (SSSR count). The van der Waals surface area contributed by atoms with Gasteiger partial charge in [-0.2, -0.15) is 5.10 Å². The second kappa shape index (κ2) is 6.92. The van der Waals surface area contributed by atoms with Gasteiger partial charge in [-0.1, -0.05) is 48.0 Å². The largest absolute Gasteiger partial charge is 0.283 e. The average molecular weight is 371 g/mol. The third-order valence-electron chi connectivity index (χ3n) is 4.19. The van der Waals surface area contributed by atoms with Gasteiger partial charge < -0.3 is 0 Å². The molecule has 0 saturated carbocycles. The van der Waals surface area contributed by atoms with Gasteiger partial charge in [0.1, 0.15) is 0 Å². The molecule has 1 aliphatic rings. The molecule has 0 aromatic heterocycles. The first kappa shape index (κ1) is 18.1. The number of aryl methyl sites for hydroxylation is 1. The number of rotatable bonds is 4. The van der Waals surface area contributed by atoms with E-state index in [4.69, 9.17) is 0 Å². The highest BCUT2D eigenvalue weighted by atomic mass is 32.2. The lowest BCUT2D eigenvalue weighted by Gasteiger charge is -2.20. The van der Waals surface area contributed by atoms with Crippen LogP contribution in [0, 0.1) is 6.92 Å². The van der Waals surface area contributed by atoms with Crippen molar-refractivity contribution < 1.29 is 13.2 Å². The van der Waals surface area contributed by atoms with E-state index in [2.05, 4.69) is 9.82 Å². The number of carbonyl (C=O) groups is 1. The molecule has 0 spiro atoms. The first-order valence-corrected chi connectivity index (χ1v) is 10.1. The lowest BCUT2D eigenvalue weighted by Crippen LogP contribution is -2.24. The summed E-state index contributed by atoms with van der Waals surface area (Å²) in [4.78, 5) is 12.1. The molecule has 1 amide bonds. The molecular formula is C19H21N3O3S. The molecule has 0 saturated heterocycles. The number of anilines is 1. The van der Waals surface area contributed by atoms with Crippen LogP contribution in [0.2, 0.25) is 0 Å². The van der Waals surface area contributed by atoms with E-state index in [-0.39, 0.29) is 11.9 Å². The summed E-state index contributed by atoms with van der Waals surface area (Å²) in [6.07, 6.45) is 1.63. The molecule has 2 aromatic carbocycles. The maximum absolute atomic E-state index is 12.1. The van der Waals surface area contributed by atoms with E-state index in [9.17, 15) is 13.2 Å². The van der Waals surface area contributed by atoms with Crippen LogP contribution in [-0.2, 0) is 14.8 Å². The Morgan fingerprint density at radius 1 is 1.19 bits per heavy atom. The Bertz CT molecular complexity index is 983. The third kappa shape index (κ3) is 3.94. The smallest absolute Gasteiger partial charge is 0.240 e. The number of benzene rings is 2. The first-order valence-electron chi connectivity index (χ1n) is 8.25. The summed E-state index contributed by atoms with van der Waals surface area (Å²) >= 11 is 0. The molecule has 1 N–H and O–H groups in total. The highest BCUT2D eigenvalue weighted by molar-refractivity contribution is 7.92. The minimum atomic E-state index is -3.42. The first-order chi connectivity index (χ1) is 12.2. The van der Waals surface area contributed by atoms with Gasteiger partial charge >= 0.3 is 0 Å². The molecular weight excluding hydrogens is 350 g/mol. The predicted molar refractivity (Wildman–Crippen MR) is 103 cm³/mol. The van der Waals surface area contributed by atoms with Crippen LogP contribution in [0.25, 0.3) is 0 Å². The van der Waals surface area contributed by atoms with Crippen LogP contribution in [0.4, 0.5) is 5.69 Å². The Balaban J connectivity index is 2.00. The number of carbonyl (C=O) groups excluding carboxylic acids is 1. The van der Waals surface area contributed by atoms with Crippen LogP contribution in [-0.4, -0.2) is 31.3 Å². The lowest BCUT2D eigenvalue weighted by atomic mass is 9.96. The summed E-state index contributed by atoms with van der Waals surface area (Å²) in [6.45, 7) is 3.49. The normalized spacial score (nSPS) is 17.1. The zero-order chi connectivity index (χ0) is 18.9. The van der Waals surface area contributed by atoms with Crippen molar-refractivity contribution in [1.29, 1.82) is 0 Å². The van der Waals surface area contributed by atoms with Gasteiger partial charge in [-0.25, -0.2) is 13.4 Å². The molecule has 0 aliphatic carbocycles. The number of amides is 1. The van der Waals surface area contributed by atoms with Crippen molar-refractivity contribution in [3.63, 3.8) is 0 Å². The molecule has 0 unspecified atom stereocenters. The lowest BCUT2D eigenvalue weighted by molar-refractivity contribution is -0.130. The van der Waals surface area contributed by atoms with Crippen LogP contribution in [0.1, 0.15) is 36.1 Å². The molecule has 2 aromatic rings. The van der Waals surface area contributed by atoms with Crippen molar-refractivity contribution in [3.8, 4) is 0 Å². The number of nitrogens with zero attached hydrogens (tertiary/aromatic N) is 2. The summed E-state index contributed by atoms with van der Waals surface area (Å²) < 4.78 is 25.8. The fourth-order valence-electron chi connectivity index (χ4n) is 3.12. The molecule has 1 heterocycles. The number of hydrogen-bond donors (Lipinski definition) is 1. The molecule has 0 fully saturated rings. The van der Waals surface area contributed by atoms with Crippen LogP contribution < -0.4 is 4.72 Å². The van der Waals surface area contributed by atoms with Crippen molar-refractivity contribution in [2.75, 3.05) is 11.0 Å². The molecule has 0 bridgehead atoms. The van der Waals surface area contributed by atoms with Crippen molar-refractivity contribution in [1.82, 2.24) is 5.01 Å². The topological polar surface area (TPSA) is 78.8 Å². The van der Waals surface area contributed by atoms with Gasteiger partial charge in [-0.15, -0.1) is 0 Å². The quantitative estimate of drug-likeness (QED) is 0.897. The molecule has 0 radical (unpaired) electrons.